The molecule has 1 atom stereocenters. The minimum Gasteiger partial charge on any atom is -0.370 e. The summed E-state index contributed by atoms with van der Waals surface area (Å²) in [5.41, 5.74) is 0. The predicted molar refractivity (Wildman–Crippen MR) is 78.3 cm³/mol. The van der Waals surface area contributed by atoms with E-state index in [1.807, 2.05) is 6.07 Å². The van der Waals surface area contributed by atoms with Gasteiger partial charge in [-0.25, -0.2) is 9.97 Å². The monoisotopic (exact) mass is 250 g/mol. The van der Waals surface area contributed by atoms with Gasteiger partial charge in [-0.3, -0.25) is 0 Å². The highest BCUT2D eigenvalue weighted by Crippen LogP contribution is 2.18. The molecule has 0 radical (unpaired) electrons. The van der Waals surface area contributed by atoms with Gasteiger partial charge in [-0.15, -0.1) is 0 Å². The molecule has 1 heterocycles. The van der Waals surface area contributed by atoms with E-state index in [-0.39, 0.29) is 0 Å². The lowest BCUT2D eigenvalue weighted by atomic mass is 10.2. The van der Waals surface area contributed by atoms with E-state index in [0.717, 1.165) is 30.4 Å². The third kappa shape index (κ3) is 3.86. The van der Waals surface area contributed by atoms with Crippen LogP contribution in [0.1, 0.15) is 46.4 Å². The van der Waals surface area contributed by atoms with E-state index in [1.54, 1.807) is 0 Å². The van der Waals surface area contributed by atoms with Crippen molar-refractivity contribution in [1.29, 1.82) is 0 Å². The molecule has 0 fully saturated rings. The summed E-state index contributed by atoms with van der Waals surface area (Å²) >= 11 is 0. The van der Waals surface area contributed by atoms with Crippen LogP contribution < -0.4 is 10.2 Å². The fourth-order valence-corrected chi connectivity index (χ4v) is 1.93. The maximum absolute atomic E-state index is 4.61. The molecule has 0 saturated heterocycles. The van der Waals surface area contributed by atoms with Crippen molar-refractivity contribution in [1.82, 2.24) is 9.97 Å². The molecule has 0 amide bonds. The van der Waals surface area contributed by atoms with Gasteiger partial charge in [0.2, 0.25) is 0 Å². The quantitative estimate of drug-likeness (QED) is 0.807. The molecule has 0 aliphatic rings. The molecule has 0 aromatic carbocycles. The number of nitrogens with one attached hydrogen (secondary N) is 1. The third-order valence-electron chi connectivity index (χ3n) is 3.16. The van der Waals surface area contributed by atoms with Gasteiger partial charge in [0.1, 0.15) is 17.5 Å². The van der Waals surface area contributed by atoms with Crippen LogP contribution in [0.5, 0.6) is 0 Å². The molecule has 1 aromatic heterocycles. The van der Waals surface area contributed by atoms with Crippen LogP contribution in [0.4, 0.5) is 11.6 Å². The SMILES string of the molecule is CCCC(C)N(C)c1cc(NCC)nc(CC)n1. The van der Waals surface area contributed by atoms with E-state index in [0.29, 0.717) is 6.04 Å². The van der Waals surface area contributed by atoms with E-state index < -0.39 is 0 Å². The van der Waals surface area contributed by atoms with Gasteiger partial charge in [0.15, 0.2) is 0 Å². The van der Waals surface area contributed by atoms with E-state index in [4.69, 9.17) is 0 Å². The Balaban J connectivity index is 2.95. The van der Waals surface area contributed by atoms with Gasteiger partial charge in [0.05, 0.1) is 0 Å². The first-order valence-corrected chi connectivity index (χ1v) is 6.96. The van der Waals surface area contributed by atoms with Crippen LogP contribution in [0.15, 0.2) is 6.07 Å². The summed E-state index contributed by atoms with van der Waals surface area (Å²) in [7, 11) is 2.11. The number of nitrogens with zero attached hydrogens (tertiary/aromatic N) is 3. The number of hydrogen-bond acceptors (Lipinski definition) is 4. The Morgan fingerprint density at radius 1 is 1.28 bits per heavy atom. The lowest BCUT2D eigenvalue weighted by Crippen LogP contribution is -2.29. The van der Waals surface area contributed by atoms with Crippen LogP contribution in [0, 0.1) is 0 Å². The average molecular weight is 250 g/mol. The Labute approximate surface area is 111 Å². The van der Waals surface area contributed by atoms with E-state index in [9.17, 15) is 0 Å². The fraction of sp³-hybridized carbons (Fsp3) is 0.714. The van der Waals surface area contributed by atoms with E-state index in [1.165, 1.54) is 12.8 Å². The van der Waals surface area contributed by atoms with Crippen LogP contribution in [0.25, 0.3) is 0 Å². The number of rotatable bonds is 7. The van der Waals surface area contributed by atoms with Crippen molar-refractivity contribution >= 4 is 11.6 Å². The average Bonchev–Trinajstić information content (AvgIpc) is 2.38. The van der Waals surface area contributed by atoms with Gasteiger partial charge in [0, 0.05) is 32.1 Å². The van der Waals surface area contributed by atoms with Gasteiger partial charge >= 0.3 is 0 Å². The lowest BCUT2D eigenvalue weighted by molar-refractivity contribution is 0.609. The molecule has 0 aliphatic carbocycles. The molecule has 102 valence electrons. The van der Waals surface area contributed by atoms with Crippen molar-refractivity contribution < 1.29 is 0 Å². The molecule has 0 aliphatic heterocycles. The highest BCUT2D eigenvalue weighted by Gasteiger charge is 2.12. The summed E-state index contributed by atoms with van der Waals surface area (Å²) in [4.78, 5) is 11.3. The molecule has 1 N–H and O–H groups in total. The summed E-state index contributed by atoms with van der Waals surface area (Å²) in [5.74, 6) is 2.84. The van der Waals surface area contributed by atoms with Crippen molar-refractivity contribution in [2.24, 2.45) is 0 Å². The fourth-order valence-electron chi connectivity index (χ4n) is 1.93. The summed E-state index contributed by atoms with van der Waals surface area (Å²) < 4.78 is 0. The molecule has 4 heteroatoms. The smallest absolute Gasteiger partial charge is 0.134 e. The van der Waals surface area contributed by atoms with Crippen molar-refractivity contribution in [3.8, 4) is 0 Å². The zero-order valence-corrected chi connectivity index (χ0v) is 12.3. The number of aryl methyl sites for hydroxylation is 1. The van der Waals surface area contributed by atoms with Gasteiger partial charge in [-0.1, -0.05) is 20.3 Å². The molecule has 0 spiro atoms. The number of aromatic nitrogens is 2. The maximum Gasteiger partial charge on any atom is 0.134 e. The topological polar surface area (TPSA) is 41.0 Å². The minimum atomic E-state index is 0.504. The van der Waals surface area contributed by atoms with Crippen LogP contribution in [-0.4, -0.2) is 29.6 Å². The second-order valence-corrected chi connectivity index (χ2v) is 4.66. The van der Waals surface area contributed by atoms with Crippen molar-refractivity contribution in [2.45, 2.75) is 53.0 Å². The Morgan fingerprint density at radius 2 is 2.00 bits per heavy atom. The zero-order valence-electron chi connectivity index (χ0n) is 12.3. The van der Waals surface area contributed by atoms with E-state index >= 15 is 0 Å². The molecule has 18 heavy (non-hydrogen) atoms. The van der Waals surface area contributed by atoms with Crippen molar-refractivity contribution in [3.05, 3.63) is 11.9 Å². The minimum absolute atomic E-state index is 0.504. The first-order valence-electron chi connectivity index (χ1n) is 6.96. The van der Waals surface area contributed by atoms with E-state index in [2.05, 4.69) is 54.9 Å². The molecule has 0 bridgehead atoms. The highest BCUT2D eigenvalue weighted by atomic mass is 15.2. The highest BCUT2D eigenvalue weighted by molar-refractivity contribution is 5.49. The molecule has 4 nitrogen and oxygen atoms in total. The molecular weight excluding hydrogens is 224 g/mol. The largest absolute Gasteiger partial charge is 0.370 e. The normalized spacial score (nSPS) is 12.3. The Morgan fingerprint density at radius 3 is 2.56 bits per heavy atom. The van der Waals surface area contributed by atoms with Crippen LogP contribution >= 0.6 is 0 Å². The predicted octanol–water partition coefficient (Wildman–Crippen LogP) is 3.10. The Bertz CT molecular complexity index is 365. The van der Waals surface area contributed by atoms with Crippen LogP contribution in [0.2, 0.25) is 0 Å². The summed E-state index contributed by atoms with van der Waals surface area (Å²) in [6, 6.07) is 2.54. The summed E-state index contributed by atoms with van der Waals surface area (Å²) in [6.07, 6.45) is 3.23. The third-order valence-corrected chi connectivity index (χ3v) is 3.16. The number of hydrogen-bond donors (Lipinski definition) is 1. The van der Waals surface area contributed by atoms with Crippen molar-refractivity contribution in [3.63, 3.8) is 0 Å². The molecule has 0 saturated carbocycles. The van der Waals surface area contributed by atoms with Crippen LogP contribution in [0.3, 0.4) is 0 Å². The maximum atomic E-state index is 4.61. The van der Waals surface area contributed by atoms with Gasteiger partial charge in [-0.2, -0.15) is 0 Å². The van der Waals surface area contributed by atoms with Crippen LogP contribution in [-0.2, 0) is 6.42 Å². The van der Waals surface area contributed by atoms with Gasteiger partial charge < -0.3 is 10.2 Å². The molecule has 1 aromatic rings. The Hall–Kier alpha value is -1.32. The standard InChI is InChI=1S/C14H26N4/c1-6-9-11(4)18(5)14-10-13(15-8-3)16-12(7-2)17-14/h10-11H,6-9H2,1-5H3,(H,15,16,17). The second-order valence-electron chi connectivity index (χ2n) is 4.66. The first-order chi connectivity index (χ1) is 8.62. The molecule has 1 unspecified atom stereocenters. The summed E-state index contributed by atoms with van der Waals surface area (Å²) in [6.45, 7) is 9.50. The lowest BCUT2D eigenvalue weighted by Gasteiger charge is -2.26. The molecule has 1 rings (SSSR count). The van der Waals surface area contributed by atoms with Gasteiger partial charge in [0.25, 0.3) is 0 Å². The first kappa shape index (κ1) is 14.7. The van der Waals surface area contributed by atoms with Crippen molar-refractivity contribution in [2.75, 3.05) is 23.8 Å². The zero-order chi connectivity index (χ0) is 13.5. The number of anilines is 2. The second kappa shape index (κ2) is 7.19. The molecular formula is C14H26N4. The summed E-state index contributed by atoms with van der Waals surface area (Å²) in [5, 5.41) is 3.27. The Kier molecular flexibility index (Phi) is 5.89. The van der Waals surface area contributed by atoms with Gasteiger partial charge in [-0.05, 0) is 20.3 Å².